The monoisotopic (exact) mass is 289 g/mol. The Morgan fingerprint density at radius 3 is 2.95 bits per heavy atom. The molecule has 2 aromatic heterocycles. The quantitative estimate of drug-likeness (QED) is 0.872. The summed E-state index contributed by atoms with van der Waals surface area (Å²) in [7, 11) is 1.74. The van der Waals surface area contributed by atoms with Crippen molar-refractivity contribution in [3.8, 4) is 0 Å². The van der Waals surface area contributed by atoms with Gasteiger partial charge in [0.1, 0.15) is 5.69 Å². The largest absolute Gasteiger partial charge is 0.384 e. The predicted octanol–water partition coefficient (Wildman–Crippen LogP) is 0.920. The lowest BCUT2D eigenvalue weighted by atomic mass is 9.97. The van der Waals surface area contributed by atoms with E-state index in [-0.39, 0.29) is 5.69 Å². The van der Waals surface area contributed by atoms with Crippen molar-refractivity contribution < 1.29 is 9.53 Å². The third kappa shape index (κ3) is 2.69. The zero-order chi connectivity index (χ0) is 14.8. The van der Waals surface area contributed by atoms with Gasteiger partial charge in [-0.15, -0.1) is 0 Å². The third-order valence-corrected chi connectivity index (χ3v) is 4.01. The van der Waals surface area contributed by atoms with Crippen LogP contribution in [0.1, 0.15) is 23.3 Å². The molecule has 1 aliphatic heterocycles. The molecule has 1 amide bonds. The van der Waals surface area contributed by atoms with Gasteiger partial charge in [0.2, 0.25) is 0 Å². The lowest BCUT2D eigenvalue weighted by molar-refractivity contribution is 0.0996. The maximum atomic E-state index is 11.4. The minimum atomic E-state index is -0.526. The van der Waals surface area contributed by atoms with Gasteiger partial charge in [0, 0.05) is 26.8 Å². The first-order chi connectivity index (χ1) is 10.2. The van der Waals surface area contributed by atoms with Crippen LogP contribution in [0.4, 0.5) is 5.69 Å². The van der Waals surface area contributed by atoms with Crippen LogP contribution in [0.3, 0.4) is 0 Å². The first-order valence-corrected chi connectivity index (χ1v) is 7.07. The van der Waals surface area contributed by atoms with E-state index in [9.17, 15) is 4.79 Å². The molecule has 7 nitrogen and oxygen atoms in total. The molecule has 112 valence electrons. The molecule has 2 aromatic rings. The van der Waals surface area contributed by atoms with Crippen LogP contribution in [0.25, 0.3) is 11.0 Å². The van der Waals surface area contributed by atoms with E-state index in [2.05, 4.69) is 20.1 Å². The Morgan fingerprint density at radius 2 is 2.29 bits per heavy atom. The van der Waals surface area contributed by atoms with E-state index in [1.807, 2.05) is 0 Å². The number of methoxy groups -OCH3 is 1. The molecule has 0 radical (unpaired) electrons. The predicted molar refractivity (Wildman–Crippen MR) is 79.2 cm³/mol. The van der Waals surface area contributed by atoms with Crippen molar-refractivity contribution in [3.63, 3.8) is 0 Å². The molecule has 0 spiro atoms. The fourth-order valence-electron chi connectivity index (χ4n) is 2.88. The molecular weight excluding hydrogens is 270 g/mol. The molecule has 1 aliphatic rings. The van der Waals surface area contributed by atoms with Gasteiger partial charge in [-0.1, -0.05) is 0 Å². The van der Waals surface area contributed by atoms with E-state index < -0.39 is 5.91 Å². The second kappa shape index (κ2) is 5.69. The van der Waals surface area contributed by atoms with Gasteiger partial charge in [-0.2, -0.15) is 5.10 Å². The fraction of sp³-hybridized carbons (Fsp3) is 0.500. The number of nitrogens with two attached hydrogens (primary N) is 1. The lowest BCUT2D eigenvalue weighted by Crippen LogP contribution is -2.35. The van der Waals surface area contributed by atoms with Crippen LogP contribution >= 0.6 is 0 Å². The lowest BCUT2D eigenvalue weighted by Gasteiger charge is -2.33. The first kappa shape index (κ1) is 13.8. The summed E-state index contributed by atoms with van der Waals surface area (Å²) in [5, 5.41) is 7.74. The number of rotatable bonds is 4. The highest BCUT2D eigenvalue weighted by atomic mass is 16.5. The summed E-state index contributed by atoms with van der Waals surface area (Å²) in [6.45, 7) is 2.66. The van der Waals surface area contributed by atoms with Gasteiger partial charge in [0.25, 0.3) is 5.91 Å². The smallest absolute Gasteiger partial charge is 0.267 e. The minimum absolute atomic E-state index is 0.265. The van der Waals surface area contributed by atoms with Gasteiger partial charge in [-0.3, -0.25) is 9.89 Å². The molecule has 3 heterocycles. The molecule has 3 rings (SSSR count). The van der Waals surface area contributed by atoms with Crippen LogP contribution in [0.5, 0.6) is 0 Å². The number of nitrogens with one attached hydrogen (secondary N) is 1. The van der Waals surface area contributed by atoms with Gasteiger partial charge < -0.3 is 15.4 Å². The molecule has 1 fully saturated rings. The van der Waals surface area contributed by atoms with Gasteiger partial charge in [-0.05, 0) is 24.8 Å². The second-order valence-electron chi connectivity index (χ2n) is 5.41. The van der Waals surface area contributed by atoms with E-state index in [1.54, 1.807) is 19.4 Å². The summed E-state index contributed by atoms with van der Waals surface area (Å²) >= 11 is 0. The molecule has 7 heteroatoms. The number of aromatic amines is 1. The number of primary amides is 1. The average Bonchev–Trinajstić information content (AvgIpc) is 2.95. The van der Waals surface area contributed by atoms with Crippen LogP contribution in [0, 0.1) is 5.92 Å². The van der Waals surface area contributed by atoms with E-state index >= 15 is 0 Å². The molecule has 3 N–H and O–H groups in total. The number of ether oxygens (including phenoxy) is 1. The normalized spacial score (nSPS) is 16.5. The van der Waals surface area contributed by atoms with Crippen molar-refractivity contribution >= 4 is 22.6 Å². The zero-order valence-corrected chi connectivity index (χ0v) is 12.0. The number of carbonyl (C=O) groups is 1. The second-order valence-corrected chi connectivity index (χ2v) is 5.41. The van der Waals surface area contributed by atoms with Crippen molar-refractivity contribution in [3.05, 3.63) is 18.0 Å². The summed E-state index contributed by atoms with van der Waals surface area (Å²) in [6.07, 6.45) is 3.88. The number of amides is 1. The molecular formula is C14H19N5O2. The Morgan fingerprint density at radius 1 is 1.52 bits per heavy atom. The number of H-pyrrole nitrogens is 1. The highest BCUT2D eigenvalue weighted by Crippen LogP contribution is 2.29. The zero-order valence-electron chi connectivity index (χ0n) is 12.0. The van der Waals surface area contributed by atoms with E-state index in [4.69, 9.17) is 10.5 Å². The number of fused-ring (bicyclic) bond motifs is 1. The van der Waals surface area contributed by atoms with Crippen LogP contribution in [0.15, 0.2) is 12.3 Å². The van der Waals surface area contributed by atoms with E-state index in [0.29, 0.717) is 11.6 Å². The van der Waals surface area contributed by atoms with Crippen molar-refractivity contribution in [2.75, 3.05) is 31.7 Å². The standard InChI is InChI=1S/C14H19N5O2/c1-21-8-9-2-4-19(5-3-9)12-6-11(13(15)20)17-14-10(12)7-16-18-14/h6-7,9H,2-5,8H2,1H3,(H2,15,20)(H,16,17,18). The molecule has 0 saturated carbocycles. The number of pyridine rings is 1. The summed E-state index contributed by atoms with van der Waals surface area (Å²) < 4.78 is 5.23. The highest BCUT2D eigenvalue weighted by molar-refractivity contribution is 5.98. The van der Waals surface area contributed by atoms with Crippen molar-refractivity contribution in [2.45, 2.75) is 12.8 Å². The third-order valence-electron chi connectivity index (χ3n) is 4.01. The minimum Gasteiger partial charge on any atom is -0.384 e. The Bertz CT molecular complexity index is 646. The SMILES string of the molecule is COCC1CCN(c2cc(C(N)=O)nc3[nH]ncc23)CC1. The van der Waals surface area contributed by atoms with Crippen molar-refractivity contribution in [2.24, 2.45) is 11.7 Å². The van der Waals surface area contributed by atoms with E-state index in [1.165, 1.54) is 0 Å². The Kier molecular flexibility index (Phi) is 3.74. The number of piperidine rings is 1. The van der Waals surface area contributed by atoms with Crippen LogP contribution < -0.4 is 10.6 Å². The Balaban J connectivity index is 1.89. The molecule has 1 saturated heterocycles. The molecule has 0 unspecified atom stereocenters. The molecule has 0 bridgehead atoms. The number of hydrogen-bond donors (Lipinski definition) is 2. The molecule has 21 heavy (non-hydrogen) atoms. The highest BCUT2D eigenvalue weighted by Gasteiger charge is 2.22. The van der Waals surface area contributed by atoms with E-state index in [0.717, 1.165) is 43.6 Å². The summed E-state index contributed by atoms with van der Waals surface area (Å²) in [6, 6.07) is 1.76. The molecule has 0 aromatic carbocycles. The number of anilines is 1. The van der Waals surface area contributed by atoms with Crippen LogP contribution in [0.2, 0.25) is 0 Å². The van der Waals surface area contributed by atoms with Gasteiger partial charge in [0.05, 0.1) is 17.3 Å². The summed E-state index contributed by atoms with van der Waals surface area (Å²) in [5.41, 5.74) is 7.20. The number of carbonyl (C=O) groups excluding carboxylic acids is 1. The van der Waals surface area contributed by atoms with Crippen LogP contribution in [-0.2, 0) is 4.74 Å². The van der Waals surface area contributed by atoms with Gasteiger partial charge in [-0.25, -0.2) is 4.98 Å². The van der Waals surface area contributed by atoms with Crippen molar-refractivity contribution in [1.29, 1.82) is 0 Å². The average molecular weight is 289 g/mol. The number of aromatic nitrogens is 3. The van der Waals surface area contributed by atoms with Gasteiger partial charge >= 0.3 is 0 Å². The molecule has 0 atom stereocenters. The number of nitrogens with zero attached hydrogens (tertiary/aromatic N) is 3. The van der Waals surface area contributed by atoms with Crippen LogP contribution in [-0.4, -0.2) is 47.9 Å². The van der Waals surface area contributed by atoms with Crippen molar-refractivity contribution in [1.82, 2.24) is 15.2 Å². The van der Waals surface area contributed by atoms with Gasteiger partial charge in [0.15, 0.2) is 5.65 Å². The number of hydrogen-bond acceptors (Lipinski definition) is 5. The Hall–Kier alpha value is -2.15. The summed E-state index contributed by atoms with van der Waals surface area (Å²) in [4.78, 5) is 17.9. The molecule has 0 aliphatic carbocycles. The maximum absolute atomic E-state index is 11.4. The fourth-order valence-corrected chi connectivity index (χ4v) is 2.88. The first-order valence-electron chi connectivity index (χ1n) is 7.07. The topological polar surface area (TPSA) is 97.1 Å². The maximum Gasteiger partial charge on any atom is 0.267 e. The Labute approximate surface area is 122 Å². The summed E-state index contributed by atoms with van der Waals surface area (Å²) in [5.74, 6) is 0.0746.